The second-order valence-corrected chi connectivity index (χ2v) is 5.88. The van der Waals surface area contributed by atoms with E-state index in [9.17, 15) is 4.79 Å². The summed E-state index contributed by atoms with van der Waals surface area (Å²) in [5, 5.41) is 3.36. The number of nitrogens with one attached hydrogen (secondary N) is 1. The topological polar surface area (TPSA) is 47.6 Å². The molecule has 0 bridgehead atoms. The van der Waals surface area contributed by atoms with Gasteiger partial charge in [0.2, 0.25) is 0 Å². The maximum atomic E-state index is 12.4. The highest BCUT2D eigenvalue weighted by Gasteiger charge is 2.39. The van der Waals surface area contributed by atoms with Crippen LogP contribution < -0.4 is 10.1 Å². The van der Waals surface area contributed by atoms with Gasteiger partial charge in [0.15, 0.2) is 0 Å². The molecule has 1 aliphatic carbocycles. The Balaban J connectivity index is 2.19. The van der Waals surface area contributed by atoms with E-state index in [1.54, 1.807) is 7.11 Å². The van der Waals surface area contributed by atoms with Crippen LogP contribution in [0.4, 0.5) is 5.69 Å². The van der Waals surface area contributed by atoms with E-state index in [0.29, 0.717) is 12.5 Å². The van der Waals surface area contributed by atoms with Crippen LogP contribution in [0.1, 0.15) is 39.5 Å². The van der Waals surface area contributed by atoms with Crippen LogP contribution in [0.5, 0.6) is 5.75 Å². The molecule has 1 atom stereocenters. The fourth-order valence-electron chi connectivity index (χ4n) is 2.80. The molecule has 0 saturated heterocycles. The van der Waals surface area contributed by atoms with Crippen molar-refractivity contribution in [1.82, 2.24) is 0 Å². The Morgan fingerprint density at radius 2 is 2.10 bits per heavy atom. The van der Waals surface area contributed by atoms with Crippen molar-refractivity contribution in [3.63, 3.8) is 0 Å². The molecule has 1 aromatic carbocycles. The SMILES string of the molecule is CCOC(=O)C(C)(CC1CCC1)Nc1ccccc1OC. The summed E-state index contributed by atoms with van der Waals surface area (Å²) >= 11 is 0. The molecule has 0 aliphatic heterocycles. The molecule has 4 nitrogen and oxygen atoms in total. The van der Waals surface area contributed by atoms with Crippen LogP contribution in [0.25, 0.3) is 0 Å². The number of para-hydroxylation sites is 2. The van der Waals surface area contributed by atoms with E-state index in [4.69, 9.17) is 9.47 Å². The minimum atomic E-state index is -0.713. The van der Waals surface area contributed by atoms with E-state index in [0.717, 1.165) is 17.9 Å². The second kappa shape index (κ2) is 6.83. The normalized spacial score (nSPS) is 17.5. The highest BCUT2D eigenvalue weighted by atomic mass is 16.5. The number of methoxy groups -OCH3 is 1. The molecule has 2 rings (SSSR count). The first-order valence-electron chi connectivity index (χ1n) is 7.67. The molecule has 0 radical (unpaired) electrons. The maximum Gasteiger partial charge on any atom is 0.331 e. The number of rotatable bonds is 7. The zero-order valence-electron chi connectivity index (χ0n) is 13.1. The van der Waals surface area contributed by atoms with Crippen molar-refractivity contribution < 1.29 is 14.3 Å². The highest BCUT2D eigenvalue weighted by Crippen LogP contribution is 2.37. The molecule has 21 heavy (non-hydrogen) atoms. The van der Waals surface area contributed by atoms with Crippen molar-refractivity contribution in [2.75, 3.05) is 19.0 Å². The number of esters is 1. The zero-order chi connectivity index (χ0) is 15.3. The van der Waals surface area contributed by atoms with Gasteiger partial charge < -0.3 is 14.8 Å². The van der Waals surface area contributed by atoms with Gasteiger partial charge in [-0.25, -0.2) is 4.79 Å². The van der Waals surface area contributed by atoms with Crippen molar-refractivity contribution in [2.24, 2.45) is 5.92 Å². The first-order valence-corrected chi connectivity index (χ1v) is 7.67. The molecule has 0 amide bonds. The number of carbonyl (C=O) groups is 1. The Morgan fingerprint density at radius 3 is 2.67 bits per heavy atom. The fraction of sp³-hybridized carbons (Fsp3) is 0.588. The van der Waals surface area contributed by atoms with Gasteiger partial charge in [0.25, 0.3) is 0 Å². The molecular weight excluding hydrogens is 266 g/mol. The molecule has 1 N–H and O–H groups in total. The van der Waals surface area contributed by atoms with Gasteiger partial charge in [-0.05, 0) is 38.3 Å². The quantitative estimate of drug-likeness (QED) is 0.779. The lowest BCUT2D eigenvalue weighted by Crippen LogP contribution is -2.47. The number of carbonyl (C=O) groups excluding carboxylic acids is 1. The minimum absolute atomic E-state index is 0.192. The molecule has 1 saturated carbocycles. The van der Waals surface area contributed by atoms with Crippen molar-refractivity contribution in [2.45, 2.75) is 45.1 Å². The molecule has 1 aliphatic rings. The molecular formula is C17H25NO3. The average Bonchev–Trinajstić information content (AvgIpc) is 2.44. The summed E-state index contributed by atoms with van der Waals surface area (Å²) in [4.78, 5) is 12.4. The third kappa shape index (κ3) is 3.69. The Bertz CT molecular complexity index is 485. The van der Waals surface area contributed by atoms with Crippen molar-refractivity contribution >= 4 is 11.7 Å². The van der Waals surface area contributed by atoms with Crippen LogP contribution in [-0.2, 0) is 9.53 Å². The van der Waals surface area contributed by atoms with Crippen molar-refractivity contribution in [3.05, 3.63) is 24.3 Å². The number of benzene rings is 1. The van der Waals surface area contributed by atoms with Crippen LogP contribution >= 0.6 is 0 Å². The van der Waals surface area contributed by atoms with Gasteiger partial charge in [-0.3, -0.25) is 0 Å². The first kappa shape index (κ1) is 15.7. The predicted octanol–water partition coefficient (Wildman–Crippen LogP) is 3.62. The van der Waals surface area contributed by atoms with Gasteiger partial charge in [0.05, 0.1) is 19.4 Å². The second-order valence-electron chi connectivity index (χ2n) is 5.88. The van der Waals surface area contributed by atoms with Crippen LogP contribution in [0, 0.1) is 5.92 Å². The molecule has 0 heterocycles. The Kier molecular flexibility index (Phi) is 5.10. The van der Waals surface area contributed by atoms with E-state index in [-0.39, 0.29) is 5.97 Å². The first-order chi connectivity index (χ1) is 10.1. The van der Waals surface area contributed by atoms with Crippen molar-refractivity contribution in [1.29, 1.82) is 0 Å². The summed E-state index contributed by atoms with van der Waals surface area (Å²) in [7, 11) is 1.63. The molecule has 116 valence electrons. The van der Waals surface area contributed by atoms with Gasteiger partial charge in [-0.1, -0.05) is 31.4 Å². The van der Waals surface area contributed by atoms with Crippen molar-refractivity contribution in [3.8, 4) is 5.75 Å². The lowest BCUT2D eigenvalue weighted by molar-refractivity contribution is -0.148. The lowest BCUT2D eigenvalue weighted by atomic mass is 9.76. The summed E-state index contributed by atoms with van der Waals surface area (Å²) in [6.45, 7) is 4.16. The summed E-state index contributed by atoms with van der Waals surface area (Å²) in [6.07, 6.45) is 4.45. The monoisotopic (exact) mass is 291 g/mol. The van der Waals surface area contributed by atoms with E-state index < -0.39 is 5.54 Å². The summed E-state index contributed by atoms with van der Waals surface area (Å²) < 4.78 is 10.6. The highest BCUT2D eigenvalue weighted by molar-refractivity contribution is 5.84. The minimum Gasteiger partial charge on any atom is -0.495 e. The number of anilines is 1. The largest absolute Gasteiger partial charge is 0.495 e. The molecule has 1 unspecified atom stereocenters. The number of hydrogen-bond acceptors (Lipinski definition) is 4. The summed E-state index contributed by atoms with van der Waals surface area (Å²) in [6, 6.07) is 7.66. The third-order valence-corrected chi connectivity index (χ3v) is 4.17. The Morgan fingerprint density at radius 1 is 1.38 bits per heavy atom. The van der Waals surface area contributed by atoms with E-state index in [1.807, 2.05) is 38.1 Å². The van der Waals surface area contributed by atoms with Gasteiger partial charge in [-0.15, -0.1) is 0 Å². The standard InChI is InChI=1S/C17H25NO3/c1-4-21-16(19)17(2,12-13-8-7-9-13)18-14-10-5-6-11-15(14)20-3/h5-6,10-11,13,18H,4,7-9,12H2,1-3H3. The Hall–Kier alpha value is -1.71. The van der Waals surface area contributed by atoms with Gasteiger partial charge in [0.1, 0.15) is 11.3 Å². The molecule has 0 spiro atoms. The van der Waals surface area contributed by atoms with Gasteiger partial charge in [-0.2, -0.15) is 0 Å². The van der Waals surface area contributed by atoms with E-state index in [2.05, 4.69) is 5.32 Å². The van der Waals surface area contributed by atoms with Crippen LogP contribution in [0.15, 0.2) is 24.3 Å². The summed E-state index contributed by atoms with van der Waals surface area (Å²) in [5.74, 6) is 1.14. The van der Waals surface area contributed by atoms with E-state index in [1.165, 1.54) is 19.3 Å². The fourth-order valence-corrected chi connectivity index (χ4v) is 2.80. The third-order valence-electron chi connectivity index (χ3n) is 4.17. The maximum absolute atomic E-state index is 12.4. The van der Waals surface area contributed by atoms with Crippen LogP contribution in [0.2, 0.25) is 0 Å². The predicted molar refractivity (Wildman–Crippen MR) is 83.6 cm³/mol. The average molecular weight is 291 g/mol. The smallest absolute Gasteiger partial charge is 0.331 e. The zero-order valence-corrected chi connectivity index (χ0v) is 13.1. The van der Waals surface area contributed by atoms with Gasteiger partial charge >= 0.3 is 5.97 Å². The van der Waals surface area contributed by atoms with Crippen LogP contribution in [0.3, 0.4) is 0 Å². The van der Waals surface area contributed by atoms with E-state index >= 15 is 0 Å². The number of hydrogen-bond donors (Lipinski definition) is 1. The molecule has 1 aromatic rings. The Labute approximate surface area is 126 Å². The van der Waals surface area contributed by atoms with Crippen LogP contribution in [-0.4, -0.2) is 25.2 Å². The lowest BCUT2D eigenvalue weighted by Gasteiger charge is -2.36. The molecule has 4 heteroatoms. The number of ether oxygens (including phenoxy) is 2. The molecule has 0 aromatic heterocycles. The summed E-state index contributed by atoms with van der Waals surface area (Å²) in [5.41, 5.74) is 0.116. The molecule has 1 fully saturated rings. The van der Waals surface area contributed by atoms with Gasteiger partial charge in [0, 0.05) is 0 Å².